The van der Waals surface area contributed by atoms with Gasteiger partial charge in [0.05, 0.1) is 11.6 Å². The standard InChI is InChI=1S/C24H22ClF2N3O3S/c1-2-33-21(32)7-8-23-11-20(23)24(13-26,30-22(28)34-23)16-9-14(3-5-17(16)27)10-19(31)18-6-4-15(25)12-29-18/h3-9,12,20H,2,10-11,13H2,1H3,(H2,28,30)/b8-7+/t20-,23+,24-/m1/s1. The quantitative estimate of drug-likeness (QED) is 0.324. The number of hydrogen-bond donors (Lipinski definition) is 1. The third kappa shape index (κ3) is 4.59. The third-order valence-electron chi connectivity index (χ3n) is 6.00. The van der Waals surface area contributed by atoms with Crippen LogP contribution in [0.15, 0.2) is 53.7 Å². The summed E-state index contributed by atoms with van der Waals surface area (Å²) in [5.41, 5.74) is 5.23. The number of thioether (sulfide) groups is 1. The number of carbonyl (C=O) groups excluding carboxylic acids is 2. The summed E-state index contributed by atoms with van der Waals surface area (Å²) in [7, 11) is 0. The van der Waals surface area contributed by atoms with Crippen LogP contribution in [0.3, 0.4) is 0 Å². The number of ketones is 1. The zero-order valence-electron chi connectivity index (χ0n) is 18.3. The summed E-state index contributed by atoms with van der Waals surface area (Å²) >= 11 is 7.05. The van der Waals surface area contributed by atoms with Crippen LogP contribution in [0, 0.1) is 11.7 Å². The molecule has 2 N–H and O–H groups in total. The predicted octanol–water partition coefficient (Wildman–Crippen LogP) is 4.40. The van der Waals surface area contributed by atoms with Gasteiger partial charge in [0.1, 0.15) is 23.7 Å². The van der Waals surface area contributed by atoms with Crippen molar-refractivity contribution in [2.24, 2.45) is 16.6 Å². The van der Waals surface area contributed by atoms with Crippen molar-refractivity contribution in [2.45, 2.75) is 30.1 Å². The van der Waals surface area contributed by atoms with E-state index in [0.29, 0.717) is 17.0 Å². The fourth-order valence-electron chi connectivity index (χ4n) is 4.33. The lowest BCUT2D eigenvalue weighted by molar-refractivity contribution is -0.137. The Labute approximate surface area is 204 Å². The maximum atomic E-state index is 15.1. The van der Waals surface area contributed by atoms with Crippen LogP contribution in [0.1, 0.15) is 35.0 Å². The summed E-state index contributed by atoms with van der Waals surface area (Å²) in [6.45, 7) is 0.940. The van der Waals surface area contributed by atoms with Gasteiger partial charge in [-0.05, 0) is 43.2 Å². The Hall–Kier alpha value is -2.78. The molecule has 10 heteroatoms. The molecule has 6 nitrogen and oxygen atoms in total. The molecule has 1 aliphatic carbocycles. The van der Waals surface area contributed by atoms with Crippen LogP contribution in [-0.4, -0.2) is 39.9 Å². The first-order chi connectivity index (χ1) is 16.2. The van der Waals surface area contributed by atoms with E-state index in [1.165, 1.54) is 48.3 Å². The molecule has 1 aromatic carbocycles. The molecule has 1 saturated carbocycles. The van der Waals surface area contributed by atoms with E-state index in [2.05, 4.69) is 9.98 Å². The number of amidine groups is 1. The van der Waals surface area contributed by atoms with Gasteiger partial charge in [0.25, 0.3) is 0 Å². The van der Waals surface area contributed by atoms with Crippen LogP contribution >= 0.6 is 23.4 Å². The highest BCUT2D eigenvalue weighted by atomic mass is 35.5. The van der Waals surface area contributed by atoms with Gasteiger partial charge in [-0.25, -0.2) is 18.6 Å². The summed E-state index contributed by atoms with van der Waals surface area (Å²) < 4.78 is 34.0. The second kappa shape index (κ2) is 9.46. The molecule has 1 aromatic heterocycles. The first kappa shape index (κ1) is 24.3. The Morgan fingerprint density at radius 2 is 2.15 bits per heavy atom. The molecule has 1 aliphatic heterocycles. The minimum atomic E-state index is -1.56. The van der Waals surface area contributed by atoms with Gasteiger partial charge in [-0.1, -0.05) is 35.5 Å². The Morgan fingerprint density at radius 1 is 1.35 bits per heavy atom. The van der Waals surface area contributed by atoms with Gasteiger partial charge < -0.3 is 10.5 Å². The van der Waals surface area contributed by atoms with Gasteiger partial charge in [0.15, 0.2) is 11.0 Å². The van der Waals surface area contributed by atoms with Crippen molar-refractivity contribution in [1.29, 1.82) is 0 Å². The number of esters is 1. The first-order valence-corrected chi connectivity index (χ1v) is 11.8. The summed E-state index contributed by atoms with van der Waals surface area (Å²) in [5, 5.41) is 0.507. The average molecular weight is 506 g/mol. The number of aliphatic imine (C=N–C) groups is 1. The van der Waals surface area contributed by atoms with E-state index in [1.54, 1.807) is 19.1 Å². The molecular formula is C24H22ClF2N3O3S. The smallest absolute Gasteiger partial charge is 0.330 e. The fraction of sp³-hybridized carbons (Fsp3) is 0.333. The summed E-state index contributed by atoms with van der Waals surface area (Å²) in [4.78, 5) is 32.8. The predicted molar refractivity (Wildman–Crippen MR) is 127 cm³/mol. The Kier molecular flexibility index (Phi) is 6.78. The lowest BCUT2D eigenvalue weighted by Crippen LogP contribution is -2.39. The summed E-state index contributed by atoms with van der Waals surface area (Å²) in [5.74, 6) is -1.87. The molecule has 0 saturated heterocycles. The second-order valence-electron chi connectivity index (χ2n) is 8.18. The number of rotatable bonds is 8. The monoisotopic (exact) mass is 505 g/mol. The van der Waals surface area contributed by atoms with Crippen LogP contribution in [-0.2, 0) is 21.5 Å². The van der Waals surface area contributed by atoms with Crippen molar-refractivity contribution >= 4 is 40.3 Å². The maximum absolute atomic E-state index is 15.1. The highest BCUT2D eigenvalue weighted by Crippen LogP contribution is 2.66. The molecule has 4 rings (SSSR count). The molecule has 178 valence electrons. The summed E-state index contributed by atoms with van der Waals surface area (Å²) in [6, 6.07) is 7.22. The van der Waals surface area contributed by atoms with Crippen molar-refractivity contribution in [2.75, 3.05) is 13.3 Å². The normalized spacial score (nSPS) is 25.5. The molecule has 3 atom stereocenters. The van der Waals surface area contributed by atoms with E-state index in [4.69, 9.17) is 22.1 Å². The largest absolute Gasteiger partial charge is 0.463 e. The van der Waals surface area contributed by atoms with Crippen molar-refractivity contribution in [3.05, 3.63) is 76.3 Å². The molecule has 2 aliphatic rings. The third-order valence-corrected chi connectivity index (χ3v) is 7.49. The molecule has 0 amide bonds. The number of nitrogens with two attached hydrogens (primary N) is 1. The van der Waals surface area contributed by atoms with E-state index < -0.39 is 34.7 Å². The van der Waals surface area contributed by atoms with Crippen molar-refractivity contribution in [3.63, 3.8) is 0 Å². The molecule has 2 heterocycles. The number of carbonyl (C=O) groups is 2. The van der Waals surface area contributed by atoms with Gasteiger partial charge in [-0.15, -0.1) is 0 Å². The zero-order valence-corrected chi connectivity index (χ0v) is 19.8. The Morgan fingerprint density at radius 3 is 2.82 bits per heavy atom. The maximum Gasteiger partial charge on any atom is 0.330 e. The molecule has 0 bridgehead atoms. The van der Waals surface area contributed by atoms with Gasteiger partial charge >= 0.3 is 5.97 Å². The van der Waals surface area contributed by atoms with E-state index in [0.717, 1.165) is 0 Å². The van der Waals surface area contributed by atoms with Gasteiger partial charge in [-0.2, -0.15) is 0 Å². The number of halogens is 3. The summed E-state index contributed by atoms with van der Waals surface area (Å²) in [6.07, 6.45) is 4.71. The number of ether oxygens (including phenoxy) is 1. The molecular weight excluding hydrogens is 484 g/mol. The van der Waals surface area contributed by atoms with Crippen LogP contribution in [0.4, 0.5) is 8.78 Å². The molecule has 1 fully saturated rings. The number of Topliss-reactive ketones (excluding diaryl/α,β-unsaturated/α-hetero) is 1. The lowest BCUT2D eigenvalue weighted by Gasteiger charge is -2.34. The van der Waals surface area contributed by atoms with Crippen LogP contribution in [0.5, 0.6) is 0 Å². The Balaban J connectivity index is 1.65. The highest BCUT2D eigenvalue weighted by molar-refractivity contribution is 8.15. The number of nitrogens with zero attached hydrogens (tertiary/aromatic N) is 2. The SMILES string of the molecule is CCOC(=O)/C=C/[C@]12C[C@H]1[C@@](CF)(c1cc(CC(=O)c3ccc(Cl)cn3)ccc1F)N=C(N)S2. The highest BCUT2D eigenvalue weighted by Gasteiger charge is 2.67. The molecule has 2 aromatic rings. The van der Waals surface area contributed by atoms with Gasteiger partial charge in [-0.3, -0.25) is 9.78 Å². The van der Waals surface area contributed by atoms with E-state index in [-0.39, 0.29) is 35.2 Å². The topological polar surface area (TPSA) is 94.6 Å². The van der Waals surface area contributed by atoms with Crippen molar-refractivity contribution < 1.29 is 23.1 Å². The van der Waals surface area contributed by atoms with E-state index >= 15 is 4.39 Å². The zero-order chi connectivity index (χ0) is 24.5. The number of benzene rings is 1. The van der Waals surface area contributed by atoms with Gasteiger partial charge in [0, 0.05) is 34.9 Å². The van der Waals surface area contributed by atoms with Crippen LogP contribution in [0.2, 0.25) is 5.02 Å². The number of pyridine rings is 1. The van der Waals surface area contributed by atoms with Crippen molar-refractivity contribution in [1.82, 2.24) is 4.98 Å². The number of fused-ring (bicyclic) bond motifs is 1. The molecule has 0 radical (unpaired) electrons. The minimum absolute atomic E-state index is 0.0315. The van der Waals surface area contributed by atoms with E-state index in [1.807, 2.05) is 0 Å². The Bertz CT molecular complexity index is 1190. The number of aromatic nitrogens is 1. The number of alkyl halides is 1. The lowest BCUT2D eigenvalue weighted by atomic mass is 9.83. The second-order valence-corrected chi connectivity index (χ2v) is 10.0. The molecule has 0 spiro atoms. The minimum Gasteiger partial charge on any atom is -0.463 e. The fourth-order valence-corrected chi connectivity index (χ4v) is 5.76. The molecule has 34 heavy (non-hydrogen) atoms. The number of hydrogen-bond acceptors (Lipinski definition) is 7. The van der Waals surface area contributed by atoms with Crippen LogP contribution in [0.25, 0.3) is 0 Å². The van der Waals surface area contributed by atoms with Gasteiger partial charge in [0.2, 0.25) is 0 Å². The van der Waals surface area contributed by atoms with Crippen LogP contribution < -0.4 is 5.73 Å². The molecule has 0 unspecified atom stereocenters. The average Bonchev–Trinajstić information content (AvgIpc) is 3.54. The van der Waals surface area contributed by atoms with E-state index in [9.17, 15) is 14.0 Å². The van der Waals surface area contributed by atoms with Crippen molar-refractivity contribution in [3.8, 4) is 0 Å². The first-order valence-electron chi connectivity index (χ1n) is 10.6.